The Balaban J connectivity index is 1.90. The Morgan fingerprint density at radius 1 is 1.33 bits per heavy atom. The Morgan fingerprint density at radius 2 is 2.05 bits per heavy atom. The van der Waals surface area contributed by atoms with E-state index in [-0.39, 0.29) is 17.4 Å². The van der Waals surface area contributed by atoms with Crippen LogP contribution >= 0.6 is 0 Å². The summed E-state index contributed by atoms with van der Waals surface area (Å²) in [4.78, 5) is 22.8. The minimum Gasteiger partial charge on any atom is -0.496 e. The molecule has 0 bridgehead atoms. The van der Waals surface area contributed by atoms with Crippen molar-refractivity contribution in [1.29, 1.82) is 0 Å². The number of rotatable bonds is 6. The summed E-state index contributed by atoms with van der Waals surface area (Å²) < 4.78 is 5.22. The van der Waals surface area contributed by atoms with Gasteiger partial charge in [0, 0.05) is 12.5 Å². The van der Waals surface area contributed by atoms with Gasteiger partial charge in [0.05, 0.1) is 12.7 Å². The number of carbonyl (C=O) groups is 2. The molecule has 2 N–H and O–H groups in total. The third-order valence-corrected chi connectivity index (χ3v) is 3.95. The SMILES string of the molecule is COc1cc(C(=O)O)ccc1CCNC(=O)C1CCCC1. The van der Waals surface area contributed by atoms with E-state index in [4.69, 9.17) is 9.84 Å². The lowest BCUT2D eigenvalue weighted by Gasteiger charge is -2.12. The van der Waals surface area contributed by atoms with Crippen LogP contribution in [0.25, 0.3) is 0 Å². The molecule has 0 radical (unpaired) electrons. The molecule has 0 aromatic heterocycles. The number of methoxy groups -OCH3 is 1. The van der Waals surface area contributed by atoms with Gasteiger partial charge in [-0.15, -0.1) is 0 Å². The monoisotopic (exact) mass is 291 g/mol. The van der Waals surface area contributed by atoms with Crippen LogP contribution < -0.4 is 10.1 Å². The molecule has 2 rings (SSSR count). The van der Waals surface area contributed by atoms with Crippen molar-refractivity contribution in [2.45, 2.75) is 32.1 Å². The highest BCUT2D eigenvalue weighted by Crippen LogP contribution is 2.25. The van der Waals surface area contributed by atoms with Gasteiger partial charge in [0.1, 0.15) is 5.75 Å². The maximum absolute atomic E-state index is 11.9. The summed E-state index contributed by atoms with van der Waals surface area (Å²) in [5.41, 5.74) is 1.10. The van der Waals surface area contributed by atoms with Gasteiger partial charge < -0.3 is 15.2 Å². The van der Waals surface area contributed by atoms with Gasteiger partial charge in [-0.05, 0) is 37.0 Å². The third-order valence-electron chi connectivity index (χ3n) is 3.95. The van der Waals surface area contributed by atoms with Crippen molar-refractivity contribution in [1.82, 2.24) is 5.32 Å². The quantitative estimate of drug-likeness (QED) is 0.843. The first-order valence-electron chi connectivity index (χ1n) is 7.29. The predicted octanol–water partition coefficient (Wildman–Crippen LogP) is 2.24. The molecule has 1 aliphatic carbocycles. The third kappa shape index (κ3) is 3.97. The normalized spacial score (nSPS) is 14.9. The molecule has 0 aliphatic heterocycles. The summed E-state index contributed by atoms with van der Waals surface area (Å²) in [5, 5.41) is 11.9. The molecule has 5 heteroatoms. The van der Waals surface area contributed by atoms with Crippen molar-refractivity contribution in [3.05, 3.63) is 29.3 Å². The Bertz CT molecular complexity index is 521. The van der Waals surface area contributed by atoms with Crippen molar-refractivity contribution >= 4 is 11.9 Å². The second-order valence-corrected chi connectivity index (χ2v) is 5.35. The molecule has 1 amide bonds. The standard InChI is InChI=1S/C16H21NO4/c1-21-14-10-13(16(19)20)7-6-11(14)8-9-17-15(18)12-4-2-3-5-12/h6-7,10,12H,2-5,8-9H2,1H3,(H,17,18)(H,19,20). The molecule has 1 aromatic carbocycles. The Hall–Kier alpha value is -2.04. The Labute approximate surface area is 124 Å². The molecule has 1 aromatic rings. The molecule has 0 saturated heterocycles. The van der Waals surface area contributed by atoms with E-state index in [2.05, 4.69) is 5.32 Å². The number of carbonyl (C=O) groups excluding carboxylic acids is 1. The highest BCUT2D eigenvalue weighted by atomic mass is 16.5. The van der Waals surface area contributed by atoms with E-state index in [1.807, 2.05) is 0 Å². The number of benzene rings is 1. The first-order chi connectivity index (χ1) is 10.1. The minimum absolute atomic E-state index is 0.133. The Morgan fingerprint density at radius 3 is 2.67 bits per heavy atom. The molecular weight excluding hydrogens is 270 g/mol. The molecule has 114 valence electrons. The van der Waals surface area contributed by atoms with E-state index in [0.717, 1.165) is 31.2 Å². The molecule has 5 nitrogen and oxygen atoms in total. The molecule has 1 aliphatic rings. The van der Waals surface area contributed by atoms with Crippen LogP contribution in [0.4, 0.5) is 0 Å². The lowest BCUT2D eigenvalue weighted by Crippen LogP contribution is -2.31. The van der Waals surface area contributed by atoms with Crippen LogP contribution in [0, 0.1) is 5.92 Å². The minimum atomic E-state index is -0.977. The maximum atomic E-state index is 11.9. The molecule has 1 saturated carbocycles. The number of nitrogens with one attached hydrogen (secondary N) is 1. The summed E-state index contributed by atoms with van der Waals surface area (Å²) in [6.07, 6.45) is 4.89. The first-order valence-corrected chi connectivity index (χ1v) is 7.29. The predicted molar refractivity (Wildman–Crippen MR) is 78.6 cm³/mol. The first kappa shape index (κ1) is 15.4. The molecule has 0 heterocycles. The van der Waals surface area contributed by atoms with Gasteiger partial charge in [-0.1, -0.05) is 18.9 Å². The number of amides is 1. The Kier molecular flexibility index (Phi) is 5.20. The molecule has 0 spiro atoms. The van der Waals surface area contributed by atoms with Crippen molar-refractivity contribution in [2.24, 2.45) is 5.92 Å². The van der Waals surface area contributed by atoms with Crippen molar-refractivity contribution in [3.8, 4) is 5.75 Å². The number of hydrogen-bond donors (Lipinski definition) is 2. The average Bonchev–Trinajstić information content (AvgIpc) is 3.01. The molecular formula is C16H21NO4. The van der Waals surface area contributed by atoms with Crippen LogP contribution in [0.5, 0.6) is 5.75 Å². The fourth-order valence-electron chi connectivity index (χ4n) is 2.74. The molecule has 0 atom stereocenters. The lowest BCUT2D eigenvalue weighted by molar-refractivity contribution is -0.124. The van der Waals surface area contributed by atoms with Gasteiger partial charge >= 0.3 is 5.97 Å². The van der Waals surface area contributed by atoms with E-state index in [9.17, 15) is 9.59 Å². The summed E-state index contributed by atoms with van der Waals surface area (Å²) in [6.45, 7) is 0.540. The van der Waals surface area contributed by atoms with Gasteiger partial charge in [-0.3, -0.25) is 4.79 Å². The zero-order chi connectivity index (χ0) is 15.2. The fourth-order valence-corrected chi connectivity index (χ4v) is 2.74. The van der Waals surface area contributed by atoms with E-state index in [1.54, 1.807) is 12.1 Å². The highest BCUT2D eigenvalue weighted by molar-refractivity contribution is 5.88. The number of ether oxygens (including phenoxy) is 1. The van der Waals surface area contributed by atoms with Crippen LogP contribution in [-0.4, -0.2) is 30.6 Å². The van der Waals surface area contributed by atoms with Gasteiger partial charge in [0.15, 0.2) is 0 Å². The zero-order valence-electron chi connectivity index (χ0n) is 12.2. The molecule has 1 fully saturated rings. The second kappa shape index (κ2) is 7.11. The van der Waals surface area contributed by atoms with E-state index in [1.165, 1.54) is 13.2 Å². The summed E-state index contributed by atoms with van der Waals surface area (Å²) >= 11 is 0. The largest absolute Gasteiger partial charge is 0.496 e. The summed E-state index contributed by atoms with van der Waals surface area (Å²) in [7, 11) is 1.52. The average molecular weight is 291 g/mol. The second-order valence-electron chi connectivity index (χ2n) is 5.35. The topological polar surface area (TPSA) is 75.6 Å². The van der Waals surface area contributed by atoms with Gasteiger partial charge in [0.25, 0.3) is 0 Å². The number of hydrogen-bond acceptors (Lipinski definition) is 3. The maximum Gasteiger partial charge on any atom is 0.335 e. The van der Waals surface area contributed by atoms with Gasteiger partial charge in [0.2, 0.25) is 5.91 Å². The van der Waals surface area contributed by atoms with Crippen LogP contribution in [0.2, 0.25) is 0 Å². The van der Waals surface area contributed by atoms with Gasteiger partial charge in [-0.25, -0.2) is 4.79 Å². The van der Waals surface area contributed by atoms with Crippen LogP contribution in [-0.2, 0) is 11.2 Å². The van der Waals surface area contributed by atoms with E-state index >= 15 is 0 Å². The number of carboxylic acid groups (broad SMARTS) is 1. The van der Waals surface area contributed by atoms with Crippen molar-refractivity contribution < 1.29 is 19.4 Å². The lowest BCUT2D eigenvalue weighted by atomic mass is 10.1. The fraction of sp³-hybridized carbons (Fsp3) is 0.500. The van der Waals surface area contributed by atoms with Gasteiger partial charge in [-0.2, -0.15) is 0 Å². The van der Waals surface area contributed by atoms with Crippen LogP contribution in [0.1, 0.15) is 41.6 Å². The summed E-state index contributed by atoms with van der Waals surface area (Å²) in [5.74, 6) is -0.130. The molecule has 21 heavy (non-hydrogen) atoms. The zero-order valence-corrected chi connectivity index (χ0v) is 12.2. The van der Waals surface area contributed by atoms with E-state index in [0.29, 0.717) is 18.7 Å². The number of carboxylic acids is 1. The van der Waals surface area contributed by atoms with Crippen LogP contribution in [0.3, 0.4) is 0 Å². The smallest absolute Gasteiger partial charge is 0.335 e. The van der Waals surface area contributed by atoms with E-state index < -0.39 is 5.97 Å². The van der Waals surface area contributed by atoms with Crippen molar-refractivity contribution in [3.63, 3.8) is 0 Å². The number of aromatic carboxylic acids is 1. The van der Waals surface area contributed by atoms with Crippen molar-refractivity contribution in [2.75, 3.05) is 13.7 Å². The molecule has 0 unspecified atom stereocenters. The van der Waals surface area contributed by atoms with Crippen LogP contribution in [0.15, 0.2) is 18.2 Å². The highest BCUT2D eigenvalue weighted by Gasteiger charge is 2.22. The summed E-state index contributed by atoms with van der Waals surface area (Å²) in [6, 6.07) is 4.81.